The summed E-state index contributed by atoms with van der Waals surface area (Å²) in [5, 5.41) is 14.7. The maximum atomic E-state index is 13.4. The fraction of sp³-hybridized carbons (Fsp3) is 0.500. The molecule has 6 nitrogen and oxygen atoms in total. The lowest BCUT2D eigenvalue weighted by Gasteiger charge is -2.31. The molecule has 0 aliphatic heterocycles. The quantitative estimate of drug-likeness (QED) is 0.733. The van der Waals surface area contributed by atoms with Gasteiger partial charge in [-0.15, -0.1) is 0 Å². The number of aliphatic hydroxyl groups excluding tert-OH is 1. The van der Waals surface area contributed by atoms with Crippen LogP contribution >= 0.6 is 0 Å². The number of rotatable bonds is 3. The molecule has 0 aromatic carbocycles. The number of aliphatic hydroxyl groups is 1. The monoisotopic (exact) mass is 362 g/mol. The van der Waals surface area contributed by atoms with Crippen LogP contribution in [-0.4, -0.2) is 31.1 Å². The Morgan fingerprint density at radius 1 is 1.31 bits per heavy atom. The Labute approximate surface area is 148 Å². The molecule has 8 heteroatoms. The van der Waals surface area contributed by atoms with Crippen LogP contribution < -0.4 is 0 Å². The van der Waals surface area contributed by atoms with E-state index in [1.807, 2.05) is 6.92 Å². The van der Waals surface area contributed by atoms with Crippen molar-refractivity contribution in [2.45, 2.75) is 51.6 Å². The van der Waals surface area contributed by atoms with E-state index in [1.54, 1.807) is 19.3 Å². The van der Waals surface area contributed by atoms with Crippen LogP contribution in [-0.2, 0) is 0 Å². The molecule has 1 unspecified atom stereocenters. The van der Waals surface area contributed by atoms with Crippen molar-refractivity contribution in [1.82, 2.24) is 20.1 Å². The number of aryl methyl sites for hydroxylation is 2. The van der Waals surface area contributed by atoms with E-state index in [0.717, 1.165) is 5.56 Å². The zero-order valence-corrected chi connectivity index (χ0v) is 14.6. The van der Waals surface area contributed by atoms with Crippen LogP contribution in [0.3, 0.4) is 0 Å². The molecule has 2 N–H and O–H groups in total. The first-order chi connectivity index (χ1) is 12.4. The molecule has 138 valence electrons. The predicted molar refractivity (Wildman–Crippen MR) is 90.7 cm³/mol. The number of aromatic nitrogens is 4. The minimum atomic E-state index is -2.62. The number of nitrogens with zero attached hydrogens (tertiary/aromatic N) is 3. The minimum Gasteiger partial charge on any atom is -0.388 e. The van der Waals surface area contributed by atoms with E-state index in [2.05, 4.69) is 20.1 Å². The van der Waals surface area contributed by atoms with Crippen LogP contribution in [0.25, 0.3) is 22.4 Å². The second-order valence-corrected chi connectivity index (χ2v) is 7.03. The lowest BCUT2D eigenvalue weighted by molar-refractivity contribution is -0.0625. The molecule has 0 amide bonds. The van der Waals surface area contributed by atoms with Gasteiger partial charge in [-0.05, 0) is 32.6 Å². The molecule has 1 saturated carbocycles. The van der Waals surface area contributed by atoms with Crippen LogP contribution in [0.1, 0.15) is 48.8 Å². The highest BCUT2D eigenvalue weighted by Gasteiger charge is 2.38. The molecule has 0 bridgehead atoms. The van der Waals surface area contributed by atoms with Crippen LogP contribution in [0.2, 0.25) is 0 Å². The molecule has 1 aliphatic carbocycles. The van der Waals surface area contributed by atoms with Gasteiger partial charge in [0.05, 0.1) is 29.3 Å². The SMILES string of the molecule is Cc1noc(C)c1-c1cnc2[nH]cc(C(O)C3CCC(F)(F)CC3)c2n1. The van der Waals surface area contributed by atoms with E-state index < -0.39 is 12.0 Å². The van der Waals surface area contributed by atoms with Gasteiger partial charge in [-0.25, -0.2) is 18.7 Å². The van der Waals surface area contributed by atoms with Crippen molar-refractivity contribution in [3.63, 3.8) is 0 Å². The van der Waals surface area contributed by atoms with Gasteiger partial charge in [0.2, 0.25) is 5.92 Å². The average Bonchev–Trinajstić information content (AvgIpc) is 3.17. The van der Waals surface area contributed by atoms with Crippen molar-refractivity contribution in [1.29, 1.82) is 0 Å². The third-order valence-corrected chi connectivity index (χ3v) is 5.23. The summed E-state index contributed by atoms with van der Waals surface area (Å²) in [4.78, 5) is 12.0. The van der Waals surface area contributed by atoms with Crippen molar-refractivity contribution in [2.24, 2.45) is 5.92 Å². The smallest absolute Gasteiger partial charge is 0.248 e. The maximum absolute atomic E-state index is 13.4. The van der Waals surface area contributed by atoms with Crippen molar-refractivity contribution in [2.75, 3.05) is 0 Å². The van der Waals surface area contributed by atoms with Gasteiger partial charge in [0, 0.05) is 24.6 Å². The Bertz CT molecular complexity index is 920. The summed E-state index contributed by atoms with van der Waals surface area (Å²) < 4.78 is 32.0. The molecule has 3 aromatic rings. The summed E-state index contributed by atoms with van der Waals surface area (Å²) in [5.74, 6) is -2.19. The van der Waals surface area contributed by atoms with Crippen molar-refractivity contribution >= 4 is 11.2 Å². The zero-order valence-electron chi connectivity index (χ0n) is 14.6. The molecule has 26 heavy (non-hydrogen) atoms. The van der Waals surface area contributed by atoms with Crippen LogP contribution in [0.4, 0.5) is 8.78 Å². The first-order valence-corrected chi connectivity index (χ1v) is 8.69. The predicted octanol–water partition coefficient (Wildman–Crippen LogP) is 4.09. The van der Waals surface area contributed by atoms with E-state index in [1.165, 1.54) is 0 Å². The molecule has 4 rings (SSSR count). The van der Waals surface area contributed by atoms with Gasteiger partial charge in [-0.1, -0.05) is 5.16 Å². The molecule has 0 saturated heterocycles. The number of hydrogen-bond acceptors (Lipinski definition) is 5. The van der Waals surface area contributed by atoms with E-state index >= 15 is 0 Å². The van der Waals surface area contributed by atoms with Crippen LogP contribution in [0, 0.1) is 19.8 Å². The standard InChI is InChI=1S/C18H20F2N4O2/c1-9-14(10(2)26-24-9)13-8-22-17-15(23-13)12(7-21-17)16(25)11-3-5-18(19,20)6-4-11/h7-8,11,16,25H,3-6H2,1-2H3,(H,21,22). The normalized spacial score (nSPS) is 19.1. The van der Waals surface area contributed by atoms with Crippen LogP contribution in [0.5, 0.6) is 0 Å². The lowest BCUT2D eigenvalue weighted by atomic mass is 9.81. The first-order valence-electron chi connectivity index (χ1n) is 8.69. The number of alkyl halides is 2. The topological polar surface area (TPSA) is 87.8 Å². The Hall–Kier alpha value is -2.35. The number of halogens is 2. The summed E-state index contributed by atoms with van der Waals surface area (Å²) in [5.41, 5.74) is 3.79. The van der Waals surface area contributed by atoms with Gasteiger partial charge in [-0.3, -0.25) is 0 Å². The summed E-state index contributed by atoms with van der Waals surface area (Å²) in [6.45, 7) is 3.63. The molecule has 3 heterocycles. The molecule has 1 fully saturated rings. The molecule has 1 aliphatic rings. The minimum absolute atomic E-state index is 0.187. The number of nitrogens with one attached hydrogen (secondary N) is 1. The fourth-order valence-corrected chi connectivity index (χ4v) is 3.74. The maximum Gasteiger partial charge on any atom is 0.248 e. The first kappa shape index (κ1) is 17.1. The molecule has 3 aromatic heterocycles. The van der Waals surface area contributed by atoms with Crippen molar-refractivity contribution in [3.8, 4) is 11.3 Å². The van der Waals surface area contributed by atoms with E-state index in [9.17, 15) is 13.9 Å². The Morgan fingerprint density at radius 2 is 2.04 bits per heavy atom. The van der Waals surface area contributed by atoms with Gasteiger partial charge >= 0.3 is 0 Å². The highest BCUT2D eigenvalue weighted by Crippen LogP contribution is 2.42. The fourth-order valence-electron chi connectivity index (χ4n) is 3.74. The van der Waals surface area contributed by atoms with Crippen molar-refractivity contribution in [3.05, 3.63) is 29.4 Å². The van der Waals surface area contributed by atoms with Crippen molar-refractivity contribution < 1.29 is 18.4 Å². The van der Waals surface area contributed by atoms with Gasteiger partial charge in [-0.2, -0.15) is 0 Å². The van der Waals surface area contributed by atoms with E-state index in [4.69, 9.17) is 4.52 Å². The van der Waals surface area contributed by atoms with Gasteiger partial charge < -0.3 is 14.6 Å². The van der Waals surface area contributed by atoms with E-state index in [-0.39, 0.29) is 31.6 Å². The third-order valence-electron chi connectivity index (χ3n) is 5.23. The number of fused-ring (bicyclic) bond motifs is 1. The third kappa shape index (κ3) is 2.88. The molecular formula is C18H20F2N4O2. The van der Waals surface area contributed by atoms with Gasteiger partial charge in [0.1, 0.15) is 11.3 Å². The molecular weight excluding hydrogens is 342 g/mol. The average molecular weight is 362 g/mol. The summed E-state index contributed by atoms with van der Waals surface area (Å²) >= 11 is 0. The molecule has 1 atom stereocenters. The second-order valence-electron chi connectivity index (χ2n) is 7.03. The lowest BCUT2D eigenvalue weighted by Crippen LogP contribution is -2.27. The summed E-state index contributed by atoms with van der Waals surface area (Å²) in [6, 6.07) is 0. The van der Waals surface area contributed by atoms with Gasteiger partial charge in [0.25, 0.3) is 0 Å². The second kappa shape index (κ2) is 6.12. The summed E-state index contributed by atoms with van der Waals surface area (Å²) in [6.07, 6.45) is 2.65. The Morgan fingerprint density at radius 3 is 2.69 bits per heavy atom. The zero-order chi connectivity index (χ0) is 18.5. The Balaban J connectivity index is 1.69. The van der Waals surface area contributed by atoms with Gasteiger partial charge in [0.15, 0.2) is 5.65 Å². The van der Waals surface area contributed by atoms with E-state index in [0.29, 0.717) is 33.9 Å². The molecule has 0 radical (unpaired) electrons. The largest absolute Gasteiger partial charge is 0.388 e. The number of H-pyrrole nitrogens is 1. The highest BCUT2D eigenvalue weighted by molar-refractivity contribution is 5.79. The van der Waals surface area contributed by atoms with Crippen LogP contribution in [0.15, 0.2) is 16.9 Å². The number of hydrogen-bond donors (Lipinski definition) is 2. The molecule has 0 spiro atoms. The summed E-state index contributed by atoms with van der Waals surface area (Å²) in [7, 11) is 0. The Kier molecular flexibility index (Phi) is 4.02. The number of aromatic amines is 1. The highest BCUT2D eigenvalue weighted by atomic mass is 19.3.